The van der Waals surface area contributed by atoms with E-state index < -0.39 is 0 Å². The van der Waals surface area contributed by atoms with E-state index in [9.17, 15) is 0 Å². The standard InChI is InChI=1S/C14H21N3.HI/c1-3-5-11-9-13(11)17-14(15)16-12-7-4-6-10(2)8-12;/h4,6-8,11,13H,3,5,9H2,1-2H3,(H3,15,16,17);1H. The lowest BCUT2D eigenvalue weighted by atomic mass is 10.2. The number of aliphatic imine (C=N–C) groups is 1. The average molecular weight is 359 g/mol. The summed E-state index contributed by atoms with van der Waals surface area (Å²) in [5.41, 5.74) is 8.13. The molecule has 1 fully saturated rings. The minimum absolute atomic E-state index is 0. The summed E-state index contributed by atoms with van der Waals surface area (Å²) < 4.78 is 0. The largest absolute Gasteiger partial charge is 0.370 e. The first-order chi connectivity index (χ1) is 8.19. The number of nitrogens with one attached hydrogen (secondary N) is 1. The van der Waals surface area contributed by atoms with Crippen LogP contribution in [-0.4, -0.2) is 12.0 Å². The van der Waals surface area contributed by atoms with Crippen LogP contribution in [0.1, 0.15) is 31.7 Å². The lowest BCUT2D eigenvalue weighted by molar-refractivity contribution is 0.683. The van der Waals surface area contributed by atoms with E-state index in [0.29, 0.717) is 12.0 Å². The van der Waals surface area contributed by atoms with Gasteiger partial charge < -0.3 is 11.1 Å². The van der Waals surface area contributed by atoms with Crippen molar-refractivity contribution in [3.63, 3.8) is 0 Å². The third-order valence-corrected chi connectivity index (χ3v) is 3.14. The van der Waals surface area contributed by atoms with E-state index in [-0.39, 0.29) is 24.0 Å². The molecule has 1 aromatic rings. The van der Waals surface area contributed by atoms with Crippen molar-refractivity contribution in [2.45, 2.75) is 39.2 Å². The van der Waals surface area contributed by atoms with Crippen LogP contribution in [0, 0.1) is 12.8 Å². The molecule has 0 aromatic heterocycles. The summed E-state index contributed by atoms with van der Waals surface area (Å²) in [6.45, 7) is 4.28. The van der Waals surface area contributed by atoms with Gasteiger partial charge in [0.15, 0.2) is 5.96 Å². The normalized spacial score (nSPS) is 22.2. The Morgan fingerprint density at radius 2 is 2.28 bits per heavy atom. The number of benzene rings is 1. The number of rotatable bonds is 4. The van der Waals surface area contributed by atoms with Crippen molar-refractivity contribution in [3.8, 4) is 0 Å². The predicted octanol–water partition coefficient (Wildman–Crippen LogP) is 3.53. The van der Waals surface area contributed by atoms with Crippen LogP contribution in [0.5, 0.6) is 0 Å². The fourth-order valence-electron chi connectivity index (χ4n) is 2.15. The molecule has 2 atom stereocenters. The maximum atomic E-state index is 5.89. The van der Waals surface area contributed by atoms with E-state index >= 15 is 0 Å². The first kappa shape index (κ1) is 15.3. The molecule has 2 unspecified atom stereocenters. The molecule has 2 rings (SSSR count). The quantitative estimate of drug-likeness (QED) is 0.491. The van der Waals surface area contributed by atoms with Crippen LogP contribution < -0.4 is 11.1 Å². The van der Waals surface area contributed by atoms with Gasteiger partial charge in [-0.2, -0.15) is 0 Å². The molecular formula is C14H22IN3. The Kier molecular flexibility index (Phi) is 5.91. The van der Waals surface area contributed by atoms with Gasteiger partial charge in [0.05, 0.1) is 6.04 Å². The first-order valence-corrected chi connectivity index (χ1v) is 6.36. The topological polar surface area (TPSA) is 50.4 Å². The molecule has 0 heterocycles. The lowest BCUT2D eigenvalue weighted by Crippen LogP contribution is -2.23. The molecule has 1 saturated carbocycles. The highest BCUT2D eigenvalue weighted by Gasteiger charge is 2.35. The van der Waals surface area contributed by atoms with Crippen molar-refractivity contribution < 1.29 is 0 Å². The third kappa shape index (κ3) is 4.48. The van der Waals surface area contributed by atoms with E-state index in [1.54, 1.807) is 0 Å². The third-order valence-electron chi connectivity index (χ3n) is 3.14. The molecule has 0 bridgehead atoms. The molecule has 1 aliphatic rings. The van der Waals surface area contributed by atoms with Crippen molar-refractivity contribution >= 4 is 35.6 Å². The summed E-state index contributed by atoms with van der Waals surface area (Å²) in [5, 5.41) is 3.14. The lowest BCUT2D eigenvalue weighted by Gasteiger charge is -2.06. The van der Waals surface area contributed by atoms with E-state index in [1.807, 2.05) is 12.1 Å². The van der Waals surface area contributed by atoms with Crippen molar-refractivity contribution in [2.24, 2.45) is 16.6 Å². The van der Waals surface area contributed by atoms with Crippen LogP contribution in [0.25, 0.3) is 0 Å². The summed E-state index contributed by atoms with van der Waals surface area (Å²) in [5.74, 6) is 1.30. The molecule has 1 aliphatic carbocycles. The molecule has 0 amide bonds. The van der Waals surface area contributed by atoms with E-state index in [0.717, 1.165) is 11.6 Å². The van der Waals surface area contributed by atoms with Crippen molar-refractivity contribution in [3.05, 3.63) is 29.8 Å². The van der Waals surface area contributed by atoms with Crippen molar-refractivity contribution in [1.82, 2.24) is 0 Å². The summed E-state index contributed by atoms with van der Waals surface area (Å²) in [4.78, 5) is 4.50. The molecule has 4 heteroatoms. The maximum absolute atomic E-state index is 5.89. The Morgan fingerprint density at radius 1 is 1.50 bits per heavy atom. The van der Waals surface area contributed by atoms with Gasteiger partial charge in [-0.3, -0.25) is 0 Å². The van der Waals surface area contributed by atoms with Gasteiger partial charge in [0.1, 0.15) is 0 Å². The van der Waals surface area contributed by atoms with Gasteiger partial charge in [-0.1, -0.05) is 25.5 Å². The second kappa shape index (κ2) is 6.97. The number of nitrogens with two attached hydrogens (primary N) is 1. The van der Waals surface area contributed by atoms with Crippen molar-refractivity contribution in [2.75, 3.05) is 5.32 Å². The maximum Gasteiger partial charge on any atom is 0.193 e. The highest BCUT2D eigenvalue weighted by Crippen LogP contribution is 2.37. The first-order valence-electron chi connectivity index (χ1n) is 6.36. The zero-order valence-corrected chi connectivity index (χ0v) is 13.3. The molecule has 0 saturated heterocycles. The highest BCUT2D eigenvalue weighted by atomic mass is 127. The number of hydrogen-bond donors (Lipinski definition) is 2. The van der Waals surface area contributed by atoms with Gasteiger partial charge in [0, 0.05) is 5.69 Å². The van der Waals surface area contributed by atoms with Crippen LogP contribution in [0.4, 0.5) is 5.69 Å². The second-order valence-corrected chi connectivity index (χ2v) is 4.86. The van der Waals surface area contributed by atoms with Gasteiger partial charge in [-0.15, -0.1) is 24.0 Å². The zero-order valence-electron chi connectivity index (χ0n) is 11.0. The fourth-order valence-corrected chi connectivity index (χ4v) is 2.15. The number of anilines is 1. The molecule has 0 radical (unpaired) electrons. The second-order valence-electron chi connectivity index (χ2n) is 4.86. The summed E-state index contributed by atoms with van der Waals surface area (Å²) in [7, 11) is 0. The van der Waals surface area contributed by atoms with Gasteiger partial charge in [0.2, 0.25) is 0 Å². The Labute approximate surface area is 126 Å². The molecule has 3 N–H and O–H groups in total. The average Bonchev–Trinajstić information content (AvgIpc) is 2.96. The SMILES string of the molecule is CCCC1CC1N=C(N)Nc1cccc(C)c1.I. The van der Waals surface area contributed by atoms with E-state index in [2.05, 4.69) is 36.3 Å². The molecule has 18 heavy (non-hydrogen) atoms. The van der Waals surface area contributed by atoms with Crippen LogP contribution in [-0.2, 0) is 0 Å². The number of halogens is 1. The monoisotopic (exact) mass is 359 g/mol. The van der Waals surface area contributed by atoms with Gasteiger partial charge >= 0.3 is 0 Å². The van der Waals surface area contributed by atoms with Crippen molar-refractivity contribution in [1.29, 1.82) is 0 Å². The predicted molar refractivity (Wildman–Crippen MR) is 88.6 cm³/mol. The van der Waals surface area contributed by atoms with Crippen LogP contribution in [0.15, 0.2) is 29.3 Å². The summed E-state index contributed by atoms with van der Waals surface area (Å²) >= 11 is 0. The van der Waals surface area contributed by atoms with Gasteiger partial charge in [0.25, 0.3) is 0 Å². The Bertz CT molecular complexity index is 417. The van der Waals surface area contributed by atoms with Crippen LogP contribution >= 0.6 is 24.0 Å². The number of hydrogen-bond acceptors (Lipinski definition) is 1. The molecular weight excluding hydrogens is 337 g/mol. The Hall–Kier alpha value is -0.780. The number of nitrogens with zero attached hydrogens (tertiary/aromatic N) is 1. The Morgan fingerprint density at radius 3 is 2.94 bits per heavy atom. The fraction of sp³-hybridized carbons (Fsp3) is 0.500. The van der Waals surface area contributed by atoms with Gasteiger partial charge in [-0.05, 0) is 43.4 Å². The highest BCUT2D eigenvalue weighted by molar-refractivity contribution is 14.0. The molecule has 0 spiro atoms. The van der Waals surface area contributed by atoms with Crippen LogP contribution in [0.2, 0.25) is 0 Å². The number of guanidine groups is 1. The smallest absolute Gasteiger partial charge is 0.193 e. The minimum Gasteiger partial charge on any atom is -0.370 e. The van der Waals surface area contributed by atoms with E-state index in [1.165, 1.54) is 24.8 Å². The Balaban J connectivity index is 0.00000162. The molecule has 100 valence electrons. The zero-order chi connectivity index (χ0) is 12.3. The summed E-state index contributed by atoms with van der Waals surface area (Å²) in [6.07, 6.45) is 3.71. The number of aryl methyl sites for hydroxylation is 1. The molecule has 0 aliphatic heterocycles. The minimum atomic E-state index is 0. The van der Waals surface area contributed by atoms with E-state index in [4.69, 9.17) is 5.73 Å². The van der Waals surface area contributed by atoms with Gasteiger partial charge in [-0.25, -0.2) is 4.99 Å². The molecule has 3 nitrogen and oxygen atoms in total. The molecule has 1 aromatic carbocycles. The summed E-state index contributed by atoms with van der Waals surface area (Å²) in [6, 6.07) is 8.61. The van der Waals surface area contributed by atoms with Crippen LogP contribution in [0.3, 0.4) is 0 Å².